The maximum absolute atomic E-state index is 5.87. The van der Waals surface area contributed by atoms with Crippen molar-refractivity contribution >= 4 is 17.2 Å². The van der Waals surface area contributed by atoms with Crippen LogP contribution in [0.3, 0.4) is 0 Å². The van der Waals surface area contributed by atoms with E-state index in [1.165, 1.54) is 0 Å². The fourth-order valence-corrected chi connectivity index (χ4v) is 2.79. The van der Waals surface area contributed by atoms with Crippen LogP contribution < -0.4 is 5.73 Å². The van der Waals surface area contributed by atoms with E-state index >= 15 is 0 Å². The lowest BCUT2D eigenvalue weighted by Crippen LogP contribution is -1.85. The number of aromatic nitrogens is 1. The highest BCUT2D eigenvalue weighted by Gasteiger charge is 2.21. The molecule has 2 N–H and O–H groups in total. The van der Waals surface area contributed by atoms with Crippen LogP contribution in [-0.4, -0.2) is 5.16 Å². The van der Waals surface area contributed by atoms with Crippen molar-refractivity contribution in [2.24, 2.45) is 0 Å². The minimum Gasteiger partial charge on any atom is -0.466 e. The second-order valence-electron chi connectivity index (χ2n) is 4.07. The second-order valence-corrected chi connectivity index (χ2v) is 5.02. The Morgan fingerprint density at radius 3 is 2.78 bits per heavy atom. The largest absolute Gasteiger partial charge is 0.466 e. The van der Waals surface area contributed by atoms with Crippen molar-refractivity contribution in [1.29, 1.82) is 0 Å². The molecule has 0 atom stereocenters. The van der Waals surface area contributed by atoms with Crippen molar-refractivity contribution in [2.45, 2.75) is 13.8 Å². The summed E-state index contributed by atoms with van der Waals surface area (Å²) in [6.45, 7) is 3.82. The van der Waals surface area contributed by atoms with Crippen LogP contribution in [0.1, 0.15) is 11.5 Å². The molecule has 0 spiro atoms. The summed E-state index contributed by atoms with van der Waals surface area (Å²) in [4.78, 5) is 1.04. The van der Waals surface area contributed by atoms with Gasteiger partial charge in [-0.05, 0) is 31.4 Å². The number of aryl methyl sites for hydroxylation is 2. The van der Waals surface area contributed by atoms with Crippen LogP contribution in [0.4, 0.5) is 5.88 Å². The van der Waals surface area contributed by atoms with E-state index in [1.807, 2.05) is 37.4 Å². The number of furan rings is 1. The Morgan fingerprint density at radius 1 is 1.33 bits per heavy atom. The highest BCUT2D eigenvalue weighted by Crippen LogP contribution is 2.40. The van der Waals surface area contributed by atoms with Gasteiger partial charge in [-0.15, -0.1) is 11.3 Å². The van der Waals surface area contributed by atoms with Gasteiger partial charge in [0.25, 0.3) is 0 Å². The fourth-order valence-electron chi connectivity index (χ4n) is 2.01. The van der Waals surface area contributed by atoms with Crippen molar-refractivity contribution in [1.82, 2.24) is 5.16 Å². The zero-order valence-electron chi connectivity index (χ0n) is 10.1. The van der Waals surface area contributed by atoms with E-state index in [1.54, 1.807) is 11.3 Å². The third-order valence-corrected chi connectivity index (χ3v) is 3.67. The number of anilines is 1. The van der Waals surface area contributed by atoms with Crippen molar-refractivity contribution in [3.05, 3.63) is 35.1 Å². The van der Waals surface area contributed by atoms with Crippen LogP contribution in [0, 0.1) is 13.8 Å². The van der Waals surface area contributed by atoms with Gasteiger partial charge in [0.1, 0.15) is 17.2 Å². The van der Waals surface area contributed by atoms with Crippen molar-refractivity contribution < 1.29 is 8.94 Å². The van der Waals surface area contributed by atoms with E-state index < -0.39 is 0 Å². The van der Waals surface area contributed by atoms with Crippen LogP contribution >= 0.6 is 11.3 Å². The molecule has 0 bridgehead atoms. The summed E-state index contributed by atoms with van der Waals surface area (Å²) in [6.07, 6.45) is 0. The van der Waals surface area contributed by atoms with Gasteiger partial charge in [0.2, 0.25) is 5.88 Å². The predicted octanol–water partition coefficient (Wildman–Crippen LogP) is 3.86. The van der Waals surface area contributed by atoms with Gasteiger partial charge in [0.15, 0.2) is 0 Å². The standard InChI is InChI=1S/C13H12N2O2S/c1-7-6-9(8(2)16-7)12-11(13(14)17-15-12)10-4-3-5-18-10/h3-6H,14H2,1-2H3. The molecule has 0 radical (unpaired) electrons. The van der Waals surface area contributed by atoms with Gasteiger partial charge >= 0.3 is 0 Å². The Morgan fingerprint density at radius 2 is 2.17 bits per heavy atom. The molecule has 0 aromatic carbocycles. The number of hydrogen-bond donors (Lipinski definition) is 1. The molecule has 92 valence electrons. The summed E-state index contributed by atoms with van der Waals surface area (Å²) in [5.74, 6) is 2.01. The highest BCUT2D eigenvalue weighted by molar-refractivity contribution is 7.13. The van der Waals surface area contributed by atoms with Gasteiger partial charge in [0.05, 0.1) is 5.56 Å². The molecule has 5 heteroatoms. The molecule has 3 aromatic rings. The number of thiophene rings is 1. The zero-order chi connectivity index (χ0) is 12.7. The SMILES string of the molecule is Cc1cc(-c2noc(N)c2-c2cccs2)c(C)o1. The Hall–Kier alpha value is -2.01. The van der Waals surface area contributed by atoms with Gasteiger partial charge in [0, 0.05) is 10.4 Å². The first-order chi connectivity index (χ1) is 8.66. The Kier molecular flexibility index (Phi) is 2.48. The number of nitrogens with zero attached hydrogens (tertiary/aromatic N) is 1. The maximum Gasteiger partial charge on any atom is 0.231 e. The summed E-state index contributed by atoms with van der Waals surface area (Å²) >= 11 is 1.61. The van der Waals surface area contributed by atoms with Crippen LogP contribution in [0.15, 0.2) is 32.5 Å². The van der Waals surface area contributed by atoms with Gasteiger partial charge in [-0.1, -0.05) is 11.2 Å². The third-order valence-electron chi connectivity index (χ3n) is 2.78. The molecule has 3 rings (SSSR count). The average Bonchev–Trinajstić information content (AvgIpc) is 2.99. The van der Waals surface area contributed by atoms with Gasteiger partial charge in [-0.3, -0.25) is 0 Å². The van der Waals surface area contributed by atoms with Crippen LogP contribution in [0.2, 0.25) is 0 Å². The van der Waals surface area contributed by atoms with E-state index in [9.17, 15) is 0 Å². The molecule has 0 saturated heterocycles. The zero-order valence-corrected chi connectivity index (χ0v) is 10.9. The number of hydrogen-bond acceptors (Lipinski definition) is 5. The first kappa shape index (κ1) is 11.1. The Bertz CT molecular complexity index is 680. The summed E-state index contributed by atoms with van der Waals surface area (Å²) in [5.41, 5.74) is 8.38. The molecule has 3 aromatic heterocycles. The first-order valence-electron chi connectivity index (χ1n) is 5.53. The maximum atomic E-state index is 5.87. The predicted molar refractivity (Wildman–Crippen MR) is 71.4 cm³/mol. The molecule has 18 heavy (non-hydrogen) atoms. The minimum atomic E-state index is 0.339. The van der Waals surface area contributed by atoms with E-state index in [-0.39, 0.29) is 0 Å². The summed E-state index contributed by atoms with van der Waals surface area (Å²) in [6, 6.07) is 5.92. The van der Waals surface area contributed by atoms with E-state index in [0.717, 1.165) is 33.2 Å². The smallest absolute Gasteiger partial charge is 0.231 e. The van der Waals surface area contributed by atoms with Gasteiger partial charge < -0.3 is 14.7 Å². The summed E-state index contributed by atoms with van der Waals surface area (Å²) < 4.78 is 10.7. The van der Waals surface area contributed by atoms with Crippen molar-refractivity contribution in [2.75, 3.05) is 5.73 Å². The lowest BCUT2D eigenvalue weighted by Gasteiger charge is -1.97. The number of nitrogen functional groups attached to an aromatic ring is 1. The Labute approximate surface area is 108 Å². The second kappa shape index (κ2) is 4.03. The molecule has 4 nitrogen and oxygen atoms in total. The molecule has 3 heterocycles. The molecular weight excluding hydrogens is 248 g/mol. The van der Waals surface area contributed by atoms with E-state index in [2.05, 4.69) is 5.16 Å². The normalized spacial score (nSPS) is 11.0. The molecule has 0 aliphatic carbocycles. The molecule has 0 saturated carbocycles. The van der Waals surface area contributed by atoms with Crippen LogP contribution in [0.25, 0.3) is 21.7 Å². The molecule has 0 fully saturated rings. The van der Waals surface area contributed by atoms with Crippen LogP contribution in [-0.2, 0) is 0 Å². The number of rotatable bonds is 2. The lowest BCUT2D eigenvalue weighted by atomic mass is 10.1. The van der Waals surface area contributed by atoms with E-state index in [0.29, 0.717) is 5.88 Å². The quantitative estimate of drug-likeness (QED) is 0.759. The van der Waals surface area contributed by atoms with Crippen molar-refractivity contribution in [3.8, 4) is 21.7 Å². The first-order valence-corrected chi connectivity index (χ1v) is 6.41. The molecule has 0 aliphatic heterocycles. The number of nitrogens with two attached hydrogens (primary N) is 1. The minimum absolute atomic E-state index is 0.339. The summed E-state index contributed by atoms with van der Waals surface area (Å²) in [5, 5.41) is 6.06. The monoisotopic (exact) mass is 260 g/mol. The highest BCUT2D eigenvalue weighted by atomic mass is 32.1. The average molecular weight is 260 g/mol. The summed E-state index contributed by atoms with van der Waals surface area (Å²) in [7, 11) is 0. The fraction of sp³-hybridized carbons (Fsp3) is 0.154. The van der Waals surface area contributed by atoms with Gasteiger partial charge in [-0.25, -0.2) is 0 Å². The molecule has 0 aliphatic rings. The van der Waals surface area contributed by atoms with Crippen LogP contribution in [0.5, 0.6) is 0 Å². The topological polar surface area (TPSA) is 65.2 Å². The third kappa shape index (κ3) is 1.64. The van der Waals surface area contributed by atoms with Crippen molar-refractivity contribution in [3.63, 3.8) is 0 Å². The van der Waals surface area contributed by atoms with E-state index in [4.69, 9.17) is 14.7 Å². The molecule has 0 amide bonds. The lowest BCUT2D eigenvalue weighted by molar-refractivity contribution is 0.439. The molecule has 0 unspecified atom stereocenters. The molecular formula is C13H12N2O2S. The Balaban J connectivity index is 2.23. The van der Waals surface area contributed by atoms with Gasteiger partial charge in [-0.2, -0.15) is 0 Å².